The molecule has 1 N–H and O–H groups in total. The van der Waals surface area contributed by atoms with E-state index in [-0.39, 0.29) is 17.4 Å². The summed E-state index contributed by atoms with van der Waals surface area (Å²) in [4.78, 5) is 16.5. The zero-order valence-corrected chi connectivity index (χ0v) is 14.9. The maximum absolute atomic E-state index is 12.9. The molecular weight excluding hydrogens is 359 g/mol. The first-order chi connectivity index (χ1) is 12.6. The molecule has 0 spiro atoms. The lowest BCUT2D eigenvalue weighted by Gasteiger charge is -2.11. The second-order valence-electron chi connectivity index (χ2n) is 6.38. The number of nitrogens with zero attached hydrogens (tertiary/aromatic N) is 4. The van der Waals surface area contributed by atoms with Gasteiger partial charge in [-0.3, -0.25) is 4.79 Å². The van der Waals surface area contributed by atoms with Crippen LogP contribution in [0.1, 0.15) is 41.6 Å². The van der Waals surface area contributed by atoms with Crippen molar-refractivity contribution in [1.82, 2.24) is 19.3 Å². The van der Waals surface area contributed by atoms with E-state index in [2.05, 4.69) is 15.4 Å². The maximum atomic E-state index is 12.9. The first-order valence-corrected chi connectivity index (χ1v) is 8.24. The number of imidazole rings is 1. The number of amides is 1. The number of anilines is 1. The van der Waals surface area contributed by atoms with Crippen molar-refractivity contribution in [3.63, 3.8) is 0 Å². The Kier molecular flexibility index (Phi) is 4.77. The van der Waals surface area contributed by atoms with E-state index in [1.807, 2.05) is 20.8 Å². The molecule has 2 heterocycles. The van der Waals surface area contributed by atoms with Crippen molar-refractivity contribution in [2.24, 2.45) is 0 Å². The van der Waals surface area contributed by atoms with E-state index in [0.29, 0.717) is 5.82 Å². The normalized spacial score (nSPS) is 11.8. The highest BCUT2D eigenvalue weighted by Gasteiger charge is 2.30. The van der Waals surface area contributed by atoms with Gasteiger partial charge in [0.25, 0.3) is 5.91 Å². The van der Waals surface area contributed by atoms with Gasteiger partial charge in [0.05, 0.1) is 11.3 Å². The Balaban J connectivity index is 1.83. The maximum Gasteiger partial charge on any atom is 0.416 e. The van der Waals surface area contributed by atoms with Crippen LogP contribution >= 0.6 is 0 Å². The summed E-state index contributed by atoms with van der Waals surface area (Å²) in [6.07, 6.45) is -1.76. The summed E-state index contributed by atoms with van der Waals surface area (Å²) in [5.41, 5.74) is 0.338. The molecule has 0 aliphatic heterocycles. The second-order valence-corrected chi connectivity index (χ2v) is 6.38. The Hall–Kier alpha value is -3.10. The van der Waals surface area contributed by atoms with Crippen LogP contribution < -0.4 is 5.32 Å². The van der Waals surface area contributed by atoms with Gasteiger partial charge in [0.15, 0.2) is 0 Å². The fraction of sp³-hybridized carbons (Fsp3) is 0.278. The van der Waals surface area contributed by atoms with Crippen molar-refractivity contribution in [2.45, 2.75) is 33.0 Å². The number of carbonyl (C=O) groups excluding carboxylic acids is 1. The van der Waals surface area contributed by atoms with Crippen LogP contribution in [-0.4, -0.2) is 25.2 Å². The van der Waals surface area contributed by atoms with Crippen molar-refractivity contribution in [1.29, 1.82) is 0 Å². The fourth-order valence-electron chi connectivity index (χ4n) is 2.61. The monoisotopic (exact) mass is 377 g/mol. The molecule has 9 heteroatoms. The number of alkyl halides is 3. The highest BCUT2D eigenvalue weighted by atomic mass is 19.4. The summed E-state index contributed by atoms with van der Waals surface area (Å²) < 4.78 is 41.6. The van der Waals surface area contributed by atoms with Gasteiger partial charge in [0, 0.05) is 24.0 Å². The number of benzene rings is 1. The van der Waals surface area contributed by atoms with Gasteiger partial charge >= 0.3 is 6.18 Å². The van der Waals surface area contributed by atoms with Crippen LogP contribution in [-0.2, 0) is 6.18 Å². The molecule has 27 heavy (non-hydrogen) atoms. The van der Waals surface area contributed by atoms with Crippen molar-refractivity contribution in [2.75, 3.05) is 5.32 Å². The van der Waals surface area contributed by atoms with Gasteiger partial charge in [-0.2, -0.15) is 18.3 Å². The molecule has 0 bridgehead atoms. The SMILES string of the molecule is Cc1cc(NC(=O)c2cn(-c3cccc(C(F)(F)F)c3)cn2)n(C(C)C)n1. The average molecular weight is 377 g/mol. The van der Waals surface area contributed by atoms with Crippen LogP contribution in [0.15, 0.2) is 42.9 Å². The molecule has 0 atom stereocenters. The Morgan fingerprint density at radius 1 is 1.22 bits per heavy atom. The van der Waals surface area contributed by atoms with Crippen LogP contribution in [0.5, 0.6) is 0 Å². The molecule has 0 unspecified atom stereocenters. The van der Waals surface area contributed by atoms with Crippen molar-refractivity contribution in [3.8, 4) is 5.69 Å². The van der Waals surface area contributed by atoms with E-state index in [0.717, 1.165) is 17.8 Å². The summed E-state index contributed by atoms with van der Waals surface area (Å²) in [6.45, 7) is 5.69. The first-order valence-electron chi connectivity index (χ1n) is 8.24. The van der Waals surface area contributed by atoms with E-state index in [4.69, 9.17) is 0 Å². The number of carbonyl (C=O) groups is 1. The molecule has 0 aliphatic carbocycles. The minimum Gasteiger partial charge on any atom is -0.305 e. The highest BCUT2D eigenvalue weighted by molar-refractivity contribution is 6.02. The van der Waals surface area contributed by atoms with Gasteiger partial charge in [0.2, 0.25) is 0 Å². The number of hydrogen-bond donors (Lipinski definition) is 1. The third-order valence-corrected chi connectivity index (χ3v) is 3.88. The molecule has 142 valence electrons. The van der Waals surface area contributed by atoms with E-state index >= 15 is 0 Å². The fourth-order valence-corrected chi connectivity index (χ4v) is 2.61. The first kappa shape index (κ1) is 18.7. The number of halogens is 3. The molecule has 1 aromatic carbocycles. The molecule has 6 nitrogen and oxygen atoms in total. The van der Waals surface area contributed by atoms with E-state index < -0.39 is 17.6 Å². The summed E-state index contributed by atoms with van der Waals surface area (Å²) in [6, 6.07) is 6.60. The molecule has 1 amide bonds. The third kappa shape index (κ3) is 4.02. The number of aryl methyl sites for hydroxylation is 1. The minimum atomic E-state index is -4.44. The van der Waals surface area contributed by atoms with Gasteiger partial charge in [-0.25, -0.2) is 9.67 Å². The summed E-state index contributed by atoms with van der Waals surface area (Å²) in [5, 5.41) is 7.05. The standard InChI is InChI=1S/C18H18F3N5O/c1-11(2)26-16(7-12(3)24-26)23-17(27)15-9-25(10-22-15)14-6-4-5-13(8-14)18(19,20)21/h4-11H,1-3H3,(H,23,27). The Bertz CT molecular complexity index is 972. The highest BCUT2D eigenvalue weighted by Crippen LogP contribution is 2.30. The van der Waals surface area contributed by atoms with Gasteiger partial charge in [-0.05, 0) is 39.0 Å². The zero-order chi connectivity index (χ0) is 19.8. The van der Waals surface area contributed by atoms with Crippen LogP contribution in [0.3, 0.4) is 0 Å². The minimum absolute atomic E-state index is 0.0525. The van der Waals surface area contributed by atoms with Crippen molar-refractivity contribution < 1.29 is 18.0 Å². The average Bonchev–Trinajstić information content (AvgIpc) is 3.21. The molecule has 0 fully saturated rings. The topological polar surface area (TPSA) is 64.7 Å². The van der Waals surface area contributed by atoms with Gasteiger partial charge < -0.3 is 9.88 Å². The molecule has 0 radical (unpaired) electrons. The van der Waals surface area contributed by atoms with Crippen LogP contribution in [0.25, 0.3) is 5.69 Å². The Labute approximate surface area is 153 Å². The largest absolute Gasteiger partial charge is 0.416 e. The molecular formula is C18H18F3N5O. The van der Waals surface area contributed by atoms with Gasteiger partial charge in [-0.15, -0.1) is 0 Å². The Morgan fingerprint density at radius 2 is 1.96 bits per heavy atom. The lowest BCUT2D eigenvalue weighted by molar-refractivity contribution is -0.137. The van der Waals surface area contributed by atoms with Crippen molar-refractivity contribution >= 4 is 11.7 Å². The van der Waals surface area contributed by atoms with Crippen LogP contribution in [0.4, 0.5) is 19.0 Å². The smallest absolute Gasteiger partial charge is 0.305 e. The third-order valence-electron chi connectivity index (χ3n) is 3.88. The van der Waals surface area contributed by atoms with E-state index in [1.54, 1.807) is 10.7 Å². The summed E-state index contributed by atoms with van der Waals surface area (Å²) in [5.74, 6) is 0.0589. The predicted octanol–water partition coefficient (Wildman–Crippen LogP) is 4.23. The summed E-state index contributed by atoms with van der Waals surface area (Å²) >= 11 is 0. The molecule has 2 aromatic heterocycles. The number of aromatic nitrogens is 4. The zero-order valence-electron chi connectivity index (χ0n) is 14.9. The lowest BCUT2D eigenvalue weighted by atomic mass is 10.2. The quantitative estimate of drug-likeness (QED) is 0.740. The number of rotatable bonds is 4. The molecule has 0 saturated carbocycles. The molecule has 0 aliphatic rings. The number of nitrogens with one attached hydrogen (secondary N) is 1. The van der Waals surface area contributed by atoms with E-state index in [1.165, 1.54) is 29.2 Å². The van der Waals surface area contributed by atoms with Gasteiger partial charge in [0.1, 0.15) is 17.8 Å². The van der Waals surface area contributed by atoms with Crippen LogP contribution in [0, 0.1) is 6.92 Å². The lowest BCUT2D eigenvalue weighted by Crippen LogP contribution is -2.17. The second kappa shape index (κ2) is 6.90. The number of hydrogen-bond acceptors (Lipinski definition) is 3. The predicted molar refractivity (Wildman–Crippen MR) is 93.9 cm³/mol. The Morgan fingerprint density at radius 3 is 2.63 bits per heavy atom. The van der Waals surface area contributed by atoms with Crippen molar-refractivity contribution in [3.05, 3.63) is 59.8 Å². The summed E-state index contributed by atoms with van der Waals surface area (Å²) in [7, 11) is 0. The molecule has 3 aromatic rings. The van der Waals surface area contributed by atoms with E-state index in [9.17, 15) is 18.0 Å². The molecule has 3 rings (SSSR count). The molecule has 0 saturated heterocycles. The van der Waals surface area contributed by atoms with Gasteiger partial charge in [-0.1, -0.05) is 6.07 Å². The van der Waals surface area contributed by atoms with Crippen LogP contribution in [0.2, 0.25) is 0 Å².